The van der Waals surface area contributed by atoms with E-state index in [1.165, 1.54) is 5.56 Å². The van der Waals surface area contributed by atoms with E-state index in [4.69, 9.17) is 5.73 Å². The van der Waals surface area contributed by atoms with Crippen molar-refractivity contribution in [2.75, 3.05) is 11.9 Å². The summed E-state index contributed by atoms with van der Waals surface area (Å²) in [6.07, 6.45) is 1.83. The second kappa shape index (κ2) is 3.80. The van der Waals surface area contributed by atoms with Crippen LogP contribution in [-0.4, -0.2) is 18.9 Å². The molecule has 0 amide bonds. The minimum absolute atomic E-state index is 0.101. The molecule has 1 aliphatic heterocycles. The number of carbonyl (C=O) groups excluding carboxylic acids is 1. The van der Waals surface area contributed by atoms with Gasteiger partial charge in [-0.05, 0) is 24.6 Å². The molecule has 1 aliphatic rings. The van der Waals surface area contributed by atoms with Crippen LogP contribution in [0.2, 0.25) is 0 Å². The molecule has 14 heavy (non-hydrogen) atoms. The lowest BCUT2D eigenvalue weighted by Gasteiger charge is -2.13. The Labute approximate surface area is 83.3 Å². The number of nitrogens with two attached hydrogens (primary N) is 1. The van der Waals surface area contributed by atoms with E-state index >= 15 is 0 Å². The highest BCUT2D eigenvalue weighted by molar-refractivity contribution is 5.73. The van der Waals surface area contributed by atoms with Crippen molar-refractivity contribution < 1.29 is 4.79 Å². The Morgan fingerprint density at radius 3 is 2.93 bits per heavy atom. The molecular weight excluding hydrogens is 176 g/mol. The van der Waals surface area contributed by atoms with Crippen LogP contribution in [0.3, 0.4) is 0 Å². The lowest BCUT2D eigenvalue weighted by atomic mass is 9.93. The van der Waals surface area contributed by atoms with Crippen LogP contribution in [-0.2, 0) is 4.79 Å². The summed E-state index contributed by atoms with van der Waals surface area (Å²) in [5.41, 5.74) is 7.83. The van der Waals surface area contributed by atoms with Crippen molar-refractivity contribution in [1.82, 2.24) is 0 Å². The van der Waals surface area contributed by atoms with Gasteiger partial charge in [-0.3, -0.25) is 0 Å². The van der Waals surface area contributed by atoms with Crippen molar-refractivity contribution >= 4 is 12.0 Å². The molecule has 3 nitrogen and oxygen atoms in total. The Balaban J connectivity index is 2.31. The maximum atomic E-state index is 10.9. The highest BCUT2D eigenvalue weighted by Gasteiger charge is 2.30. The van der Waals surface area contributed by atoms with Gasteiger partial charge in [0.05, 0.1) is 6.04 Å². The first-order valence-electron chi connectivity index (χ1n) is 4.87. The summed E-state index contributed by atoms with van der Waals surface area (Å²) >= 11 is 0. The normalized spacial score (nSPS) is 24.1. The fourth-order valence-corrected chi connectivity index (χ4v) is 2.07. The highest BCUT2D eigenvalue weighted by atomic mass is 16.1. The van der Waals surface area contributed by atoms with Gasteiger partial charge in [-0.25, -0.2) is 0 Å². The molecule has 0 bridgehead atoms. The molecule has 0 fully saturated rings. The Morgan fingerprint density at radius 2 is 2.21 bits per heavy atom. The Hall–Kier alpha value is -1.35. The minimum Gasteiger partial charge on any atom is -0.375 e. The smallest absolute Gasteiger partial charge is 0.142 e. The second-order valence-corrected chi connectivity index (χ2v) is 3.58. The summed E-state index contributed by atoms with van der Waals surface area (Å²) in [6.45, 7) is 0.616. The van der Waals surface area contributed by atoms with Crippen molar-refractivity contribution in [3.05, 3.63) is 29.8 Å². The van der Waals surface area contributed by atoms with Crippen LogP contribution in [0.4, 0.5) is 5.69 Å². The van der Waals surface area contributed by atoms with Gasteiger partial charge in [0.25, 0.3) is 0 Å². The van der Waals surface area contributed by atoms with Crippen molar-refractivity contribution in [3.63, 3.8) is 0 Å². The molecule has 0 aromatic heterocycles. The first-order chi connectivity index (χ1) is 6.86. The molecule has 2 atom stereocenters. The predicted molar refractivity (Wildman–Crippen MR) is 56.3 cm³/mol. The molecule has 1 aromatic rings. The van der Waals surface area contributed by atoms with Gasteiger partial charge in [-0.1, -0.05) is 18.2 Å². The van der Waals surface area contributed by atoms with Crippen LogP contribution in [0.15, 0.2) is 24.3 Å². The van der Waals surface area contributed by atoms with Crippen molar-refractivity contribution in [2.24, 2.45) is 5.73 Å². The first kappa shape index (κ1) is 9.21. The Kier molecular flexibility index (Phi) is 2.50. The third kappa shape index (κ3) is 1.40. The van der Waals surface area contributed by atoms with Gasteiger partial charge in [0.2, 0.25) is 0 Å². The average molecular weight is 190 g/mol. The Bertz CT molecular complexity index is 338. The van der Waals surface area contributed by atoms with E-state index < -0.39 is 0 Å². The Morgan fingerprint density at radius 1 is 1.43 bits per heavy atom. The number of benzene rings is 1. The van der Waals surface area contributed by atoms with Crippen LogP contribution in [0.1, 0.15) is 17.9 Å². The molecule has 0 saturated heterocycles. The average Bonchev–Trinajstić information content (AvgIpc) is 2.58. The molecule has 1 aromatic carbocycles. The third-order valence-corrected chi connectivity index (χ3v) is 2.74. The number of rotatable bonds is 3. The van der Waals surface area contributed by atoms with E-state index in [-0.39, 0.29) is 12.0 Å². The molecule has 2 rings (SSSR count). The molecule has 3 N–H and O–H groups in total. The number of fused-ring (bicyclic) bond motifs is 1. The summed E-state index contributed by atoms with van der Waals surface area (Å²) in [7, 11) is 0. The summed E-state index contributed by atoms with van der Waals surface area (Å²) in [6, 6.07) is 7.93. The van der Waals surface area contributed by atoms with Crippen LogP contribution in [0, 0.1) is 0 Å². The SMILES string of the molecule is NCCC1c2ccccc2NC1C=O. The fraction of sp³-hybridized carbons (Fsp3) is 0.364. The standard InChI is InChI=1S/C11H14N2O/c12-6-5-9-8-3-1-2-4-10(8)13-11(9)7-14/h1-4,7,9,11,13H,5-6,12H2. The van der Waals surface area contributed by atoms with Crippen LogP contribution in [0.25, 0.3) is 0 Å². The lowest BCUT2D eigenvalue weighted by molar-refractivity contribution is -0.108. The van der Waals surface area contributed by atoms with E-state index in [0.29, 0.717) is 6.54 Å². The number of hydrogen-bond acceptors (Lipinski definition) is 3. The molecule has 0 spiro atoms. The minimum atomic E-state index is -0.101. The lowest BCUT2D eigenvalue weighted by Crippen LogP contribution is -2.23. The summed E-state index contributed by atoms with van der Waals surface area (Å²) in [5, 5.41) is 3.20. The number of anilines is 1. The number of hydrogen-bond donors (Lipinski definition) is 2. The summed E-state index contributed by atoms with van der Waals surface area (Å²) < 4.78 is 0. The van der Waals surface area contributed by atoms with E-state index in [1.54, 1.807) is 0 Å². The summed E-state index contributed by atoms with van der Waals surface area (Å²) in [5.74, 6) is 0.244. The quantitative estimate of drug-likeness (QED) is 0.702. The molecule has 74 valence electrons. The van der Waals surface area contributed by atoms with Crippen molar-refractivity contribution in [2.45, 2.75) is 18.4 Å². The second-order valence-electron chi connectivity index (χ2n) is 3.58. The number of para-hydroxylation sites is 1. The van der Waals surface area contributed by atoms with E-state index in [0.717, 1.165) is 18.4 Å². The van der Waals surface area contributed by atoms with Gasteiger partial charge in [0, 0.05) is 11.6 Å². The van der Waals surface area contributed by atoms with E-state index in [9.17, 15) is 4.79 Å². The van der Waals surface area contributed by atoms with E-state index in [2.05, 4.69) is 11.4 Å². The van der Waals surface area contributed by atoms with Crippen molar-refractivity contribution in [3.8, 4) is 0 Å². The van der Waals surface area contributed by atoms with Gasteiger partial charge < -0.3 is 15.8 Å². The van der Waals surface area contributed by atoms with Crippen LogP contribution in [0.5, 0.6) is 0 Å². The van der Waals surface area contributed by atoms with Crippen LogP contribution < -0.4 is 11.1 Å². The fourth-order valence-electron chi connectivity index (χ4n) is 2.07. The zero-order valence-corrected chi connectivity index (χ0v) is 7.94. The number of carbonyl (C=O) groups is 1. The zero-order valence-electron chi connectivity index (χ0n) is 7.94. The molecule has 0 saturated carbocycles. The van der Waals surface area contributed by atoms with Crippen LogP contribution >= 0.6 is 0 Å². The number of aldehydes is 1. The van der Waals surface area contributed by atoms with Gasteiger partial charge in [0.15, 0.2) is 0 Å². The van der Waals surface area contributed by atoms with E-state index in [1.807, 2.05) is 18.2 Å². The molecule has 0 radical (unpaired) electrons. The largest absolute Gasteiger partial charge is 0.375 e. The van der Waals surface area contributed by atoms with Gasteiger partial charge in [0.1, 0.15) is 6.29 Å². The van der Waals surface area contributed by atoms with Gasteiger partial charge in [-0.2, -0.15) is 0 Å². The molecule has 2 unspecified atom stereocenters. The zero-order chi connectivity index (χ0) is 9.97. The first-order valence-corrected chi connectivity index (χ1v) is 4.87. The third-order valence-electron chi connectivity index (χ3n) is 2.74. The molecule has 1 heterocycles. The number of nitrogens with one attached hydrogen (secondary N) is 1. The highest BCUT2D eigenvalue weighted by Crippen LogP contribution is 2.36. The van der Waals surface area contributed by atoms with Crippen molar-refractivity contribution in [1.29, 1.82) is 0 Å². The molecule has 0 aliphatic carbocycles. The topological polar surface area (TPSA) is 55.1 Å². The molecule has 3 heteroatoms. The maximum absolute atomic E-state index is 10.9. The van der Waals surface area contributed by atoms with Gasteiger partial charge >= 0.3 is 0 Å². The molecular formula is C11H14N2O. The van der Waals surface area contributed by atoms with Gasteiger partial charge in [-0.15, -0.1) is 0 Å². The summed E-state index contributed by atoms with van der Waals surface area (Å²) in [4.78, 5) is 10.9. The predicted octanol–water partition coefficient (Wildman–Crippen LogP) is 1.11. The maximum Gasteiger partial charge on any atom is 0.142 e. The monoisotopic (exact) mass is 190 g/mol.